The third-order valence-electron chi connectivity index (χ3n) is 2.89. The molecule has 0 spiro atoms. The molecule has 0 amide bonds. The van der Waals surface area contributed by atoms with Crippen LogP contribution < -0.4 is 5.32 Å². The number of nitrogens with one attached hydrogen (secondary N) is 1. The lowest BCUT2D eigenvalue weighted by molar-refractivity contribution is 0.108. The van der Waals surface area contributed by atoms with Crippen LogP contribution >= 0.6 is 15.9 Å². The summed E-state index contributed by atoms with van der Waals surface area (Å²) in [6.07, 6.45) is 1.03. The van der Waals surface area contributed by atoms with Gasteiger partial charge in [-0.2, -0.15) is 0 Å². The molecule has 0 aliphatic rings. The van der Waals surface area contributed by atoms with Gasteiger partial charge in [-0.15, -0.1) is 0 Å². The fourth-order valence-corrected chi connectivity index (χ4v) is 2.40. The van der Waals surface area contributed by atoms with Crippen molar-refractivity contribution in [2.75, 3.05) is 40.0 Å². The van der Waals surface area contributed by atoms with Gasteiger partial charge in [-0.05, 0) is 37.0 Å². The Balaban J connectivity index is 2.43. The molecule has 0 aliphatic heterocycles. The van der Waals surface area contributed by atoms with E-state index in [0.29, 0.717) is 5.92 Å². The van der Waals surface area contributed by atoms with Crippen LogP contribution in [0.25, 0.3) is 0 Å². The first-order chi connectivity index (χ1) is 9.26. The summed E-state index contributed by atoms with van der Waals surface area (Å²) in [4.78, 5) is 0. The zero-order valence-corrected chi connectivity index (χ0v) is 13.4. The third-order valence-corrected chi connectivity index (χ3v) is 3.38. The minimum atomic E-state index is 0.492. The fraction of sp³-hybridized carbons (Fsp3) is 0.600. The van der Waals surface area contributed by atoms with E-state index in [1.807, 2.05) is 6.92 Å². The number of benzene rings is 1. The van der Waals surface area contributed by atoms with Crippen LogP contribution in [0.1, 0.15) is 12.5 Å². The molecule has 0 heterocycles. The van der Waals surface area contributed by atoms with Gasteiger partial charge in [0.1, 0.15) is 0 Å². The first kappa shape index (κ1) is 16.6. The Kier molecular flexibility index (Phi) is 9.08. The SMILES string of the molecule is CCOCC(CNCCOC)Cc1cccc(Br)c1. The average Bonchev–Trinajstić information content (AvgIpc) is 2.40. The van der Waals surface area contributed by atoms with Gasteiger partial charge in [0.2, 0.25) is 0 Å². The summed E-state index contributed by atoms with van der Waals surface area (Å²) in [7, 11) is 1.72. The summed E-state index contributed by atoms with van der Waals surface area (Å²) in [5, 5.41) is 3.41. The quantitative estimate of drug-likeness (QED) is 0.669. The average molecular weight is 330 g/mol. The number of hydrogen-bond donors (Lipinski definition) is 1. The second-order valence-electron chi connectivity index (χ2n) is 4.56. The highest BCUT2D eigenvalue weighted by Crippen LogP contribution is 2.15. The van der Waals surface area contributed by atoms with Crippen molar-refractivity contribution < 1.29 is 9.47 Å². The predicted octanol–water partition coefficient (Wildman–Crippen LogP) is 2.88. The highest BCUT2D eigenvalue weighted by atomic mass is 79.9. The lowest BCUT2D eigenvalue weighted by atomic mass is 10.00. The fourth-order valence-electron chi connectivity index (χ4n) is 1.95. The van der Waals surface area contributed by atoms with Crippen molar-refractivity contribution in [3.63, 3.8) is 0 Å². The Labute approximate surface area is 124 Å². The van der Waals surface area contributed by atoms with Crippen molar-refractivity contribution in [2.24, 2.45) is 5.92 Å². The molecule has 1 rings (SSSR count). The molecule has 1 N–H and O–H groups in total. The van der Waals surface area contributed by atoms with Crippen LogP contribution in [0, 0.1) is 5.92 Å². The largest absolute Gasteiger partial charge is 0.383 e. The number of hydrogen-bond acceptors (Lipinski definition) is 3. The summed E-state index contributed by atoms with van der Waals surface area (Å²) < 4.78 is 11.7. The van der Waals surface area contributed by atoms with E-state index < -0.39 is 0 Å². The van der Waals surface area contributed by atoms with Crippen LogP contribution in [0.4, 0.5) is 0 Å². The zero-order chi connectivity index (χ0) is 13.9. The van der Waals surface area contributed by atoms with Crippen molar-refractivity contribution in [3.05, 3.63) is 34.3 Å². The number of halogens is 1. The van der Waals surface area contributed by atoms with Crippen molar-refractivity contribution in [3.8, 4) is 0 Å². The normalized spacial score (nSPS) is 12.6. The smallest absolute Gasteiger partial charge is 0.0587 e. The van der Waals surface area contributed by atoms with Crippen LogP contribution in [-0.4, -0.2) is 40.0 Å². The molecule has 0 fully saturated rings. The van der Waals surface area contributed by atoms with Gasteiger partial charge in [-0.25, -0.2) is 0 Å². The van der Waals surface area contributed by atoms with Crippen molar-refractivity contribution in [2.45, 2.75) is 13.3 Å². The molecule has 0 bridgehead atoms. The van der Waals surface area contributed by atoms with Gasteiger partial charge in [0.25, 0.3) is 0 Å². The molecule has 0 radical (unpaired) electrons. The molecular formula is C15H24BrNO2. The molecule has 4 heteroatoms. The summed E-state index contributed by atoms with van der Waals surface area (Å²) in [6.45, 7) is 6.19. The molecule has 0 aliphatic carbocycles. The molecule has 1 aromatic rings. The molecule has 1 aromatic carbocycles. The third kappa shape index (κ3) is 7.67. The number of ether oxygens (including phenoxy) is 2. The van der Waals surface area contributed by atoms with Crippen LogP contribution in [0.2, 0.25) is 0 Å². The van der Waals surface area contributed by atoms with Gasteiger partial charge in [0.05, 0.1) is 13.2 Å². The van der Waals surface area contributed by atoms with Crippen molar-refractivity contribution in [1.29, 1.82) is 0 Å². The van der Waals surface area contributed by atoms with E-state index in [1.54, 1.807) is 7.11 Å². The summed E-state index contributed by atoms with van der Waals surface area (Å²) in [6, 6.07) is 8.47. The van der Waals surface area contributed by atoms with Crippen LogP contribution in [-0.2, 0) is 15.9 Å². The van der Waals surface area contributed by atoms with E-state index >= 15 is 0 Å². The van der Waals surface area contributed by atoms with E-state index in [9.17, 15) is 0 Å². The Morgan fingerprint density at radius 3 is 2.89 bits per heavy atom. The minimum Gasteiger partial charge on any atom is -0.383 e. The van der Waals surface area contributed by atoms with Crippen LogP contribution in [0.5, 0.6) is 0 Å². The molecule has 0 aromatic heterocycles. The number of rotatable bonds is 10. The predicted molar refractivity (Wildman–Crippen MR) is 82.6 cm³/mol. The highest BCUT2D eigenvalue weighted by molar-refractivity contribution is 9.10. The van der Waals surface area contributed by atoms with Gasteiger partial charge >= 0.3 is 0 Å². The topological polar surface area (TPSA) is 30.5 Å². The Hall–Kier alpha value is -0.420. The maximum Gasteiger partial charge on any atom is 0.0587 e. The Bertz CT molecular complexity index is 347. The van der Waals surface area contributed by atoms with Gasteiger partial charge in [0.15, 0.2) is 0 Å². The Morgan fingerprint density at radius 2 is 2.21 bits per heavy atom. The maximum absolute atomic E-state index is 5.57. The first-order valence-electron chi connectivity index (χ1n) is 6.78. The molecule has 1 atom stereocenters. The van der Waals surface area contributed by atoms with E-state index in [0.717, 1.165) is 43.8 Å². The maximum atomic E-state index is 5.57. The van der Waals surface area contributed by atoms with Gasteiger partial charge in [-0.1, -0.05) is 28.1 Å². The molecule has 19 heavy (non-hydrogen) atoms. The van der Waals surface area contributed by atoms with Crippen molar-refractivity contribution in [1.82, 2.24) is 5.32 Å². The summed E-state index contributed by atoms with van der Waals surface area (Å²) in [5.74, 6) is 0.492. The molecule has 1 unspecified atom stereocenters. The van der Waals surface area contributed by atoms with E-state index in [1.165, 1.54) is 5.56 Å². The first-order valence-corrected chi connectivity index (χ1v) is 7.57. The van der Waals surface area contributed by atoms with E-state index in [2.05, 4.69) is 45.5 Å². The minimum absolute atomic E-state index is 0.492. The second kappa shape index (κ2) is 10.4. The molecule has 3 nitrogen and oxygen atoms in total. The zero-order valence-electron chi connectivity index (χ0n) is 11.8. The lowest BCUT2D eigenvalue weighted by Crippen LogP contribution is -2.30. The standard InChI is InChI=1S/C15H24BrNO2/c1-3-19-12-14(11-17-7-8-18-2)9-13-5-4-6-15(16)10-13/h4-6,10,14,17H,3,7-9,11-12H2,1-2H3. The second-order valence-corrected chi connectivity index (χ2v) is 5.47. The van der Waals surface area contributed by atoms with E-state index in [4.69, 9.17) is 9.47 Å². The van der Waals surface area contributed by atoms with Gasteiger partial charge in [0, 0.05) is 31.3 Å². The molecule has 0 saturated heterocycles. The molecule has 108 valence electrons. The molecule has 0 saturated carbocycles. The lowest BCUT2D eigenvalue weighted by Gasteiger charge is -2.17. The van der Waals surface area contributed by atoms with Gasteiger partial charge in [-0.3, -0.25) is 0 Å². The summed E-state index contributed by atoms with van der Waals surface area (Å²) >= 11 is 3.51. The van der Waals surface area contributed by atoms with Crippen LogP contribution in [0.3, 0.4) is 0 Å². The monoisotopic (exact) mass is 329 g/mol. The number of methoxy groups -OCH3 is 1. The van der Waals surface area contributed by atoms with Crippen molar-refractivity contribution >= 4 is 15.9 Å². The van der Waals surface area contributed by atoms with Crippen LogP contribution in [0.15, 0.2) is 28.7 Å². The highest BCUT2D eigenvalue weighted by Gasteiger charge is 2.10. The Morgan fingerprint density at radius 1 is 1.37 bits per heavy atom. The summed E-state index contributed by atoms with van der Waals surface area (Å²) in [5.41, 5.74) is 1.34. The molecular weight excluding hydrogens is 306 g/mol. The van der Waals surface area contributed by atoms with Gasteiger partial charge < -0.3 is 14.8 Å². The van der Waals surface area contributed by atoms with E-state index in [-0.39, 0.29) is 0 Å².